The average Bonchev–Trinajstić information content (AvgIpc) is 3.06. The third-order valence-electron chi connectivity index (χ3n) is 4.85. The fraction of sp³-hybridized carbons (Fsp3) is 0.368. The molecule has 7 heteroatoms. The number of ether oxygens (including phenoxy) is 3. The molecule has 2 aliphatic heterocycles. The minimum Gasteiger partial charge on any atom is -0.493 e. The zero-order valence-corrected chi connectivity index (χ0v) is 14.4. The molecular formula is C19H20FN3O3. The Bertz CT molecular complexity index is 858. The van der Waals surface area contributed by atoms with Gasteiger partial charge in [0.25, 0.3) is 6.02 Å². The van der Waals surface area contributed by atoms with Gasteiger partial charge in [0, 0.05) is 23.7 Å². The lowest BCUT2D eigenvalue weighted by atomic mass is 9.84. The summed E-state index contributed by atoms with van der Waals surface area (Å²) < 4.78 is 31.6. The molecule has 0 fully saturated rings. The van der Waals surface area contributed by atoms with E-state index in [2.05, 4.69) is 9.98 Å². The number of nitrogens with zero attached hydrogens (tertiary/aromatic N) is 2. The normalized spacial score (nSPS) is 25.3. The highest BCUT2D eigenvalue weighted by Crippen LogP contribution is 2.43. The zero-order chi connectivity index (χ0) is 18.1. The molecule has 1 aromatic heterocycles. The van der Waals surface area contributed by atoms with Gasteiger partial charge >= 0.3 is 0 Å². The first-order chi connectivity index (χ1) is 12.6. The van der Waals surface area contributed by atoms with Gasteiger partial charge in [-0.3, -0.25) is 0 Å². The first-order valence-electron chi connectivity index (χ1n) is 8.58. The second-order valence-corrected chi connectivity index (χ2v) is 6.43. The number of benzene rings is 1. The molecule has 0 unspecified atom stereocenters. The molecule has 0 saturated heterocycles. The van der Waals surface area contributed by atoms with Crippen molar-refractivity contribution in [1.82, 2.24) is 4.98 Å². The monoisotopic (exact) mass is 357 g/mol. The predicted octanol–water partition coefficient (Wildman–Crippen LogP) is 2.62. The average molecular weight is 357 g/mol. The second-order valence-electron chi connectivity index (χ2n) is 6.43. The Labute approximate surface area is 150 Å². The van der Waals surface area contributed by atoms with Crippen LogP contribution in [0.15, 0.2) is 41.5 Å². The Morgan fingerprint density at radius 2 is 2.12 bits per heavy atom. The number of amidine groups is 1. The van der Waals surface area contributed by atoms with Crippen molar-refractivity contribution >= 4 is 6.02 Å². The number of hydrogen-bond donors (Lipinski definition) is 1. The molecule has 2 aromatic rings. The van der Waals surface area contributed by atoms with Crippen LogP contribution in [0.4, 0.5) is 4.39 Å². The lowest BCUT2D eigenvalue weighted by molar-refractivity contribution is 0.000878. The highest BCUT2D eigenvalue weighted by molar-refractivity contribution is 5.75. The molecule has 2 atom stereocenters. The summed E-state index contributed by atoms with van der Waals surface area (Å²) in [5, 5.41) is 0. The van der Waals surface area contributed by atoms with Crippen LogP contribution >= 0.6 is 0 Å². The number of aromatic nitrogens is 1. The molecule has 0 amide bonds. The van der Waals surface area contributed by atoms with Gasteiger partial charge in [0.1, 0.15) is 12.4 Å². The van der Waals surface area contributed by atoms with Crippen molar-refractivity contribution in [2.45, 2.75) is 25.0 Å². The molecule has 2 N–H and O–H groups in total. The Morgan fingerprint density at radius 3 is 2.88 bits per heavy atom. The van der Waals surface area contributed by atoms with Crippen LogP contribution in [-0.4, -0.2) is 36.9 Å². The lowest BCUT2D eigenvalue weighted by Gasteiger charge is -2.31. The van der Waals surface area contributed by atoms with Crippen LogP contribution in [-0.2, 0) is 15.0 Å². The van der Waals surface area contributed by atoms with Crippen molar-refractivity contribution in [3.8, 4) is 16.9 Å². The van der Waals surface area contributed by atoms with E-state index < -0.39 is 11.5 Å². The lowest BCUT2D eigenvalue weighted by Crippen LogP contribution is -2.39. The van der Waals surface area contributed by atoms with E-state index in [4.69, 9.17) is 19.9 Å². The van der Waals surface area contributed by atoms with Gasteiger partial charge in [-0.25, -0.2) is 9.98 Å². The number of nitrogens with two attached hydrogens (primary N) is 1. The number of aliphatic imine (C=N–C) groups is 1. The van der Waals surface area contributed by atoms with Gasteiger partial charge in [-0.2, -0.15) is 4.39 Å². The van der Waals surface area contributed by atoms with Crippen molar-refractivity contribution in [1.29, 1.82) is 0 Å². The quantitative estimate of drug-likeness (QED) is 0.794. The molecule has 26 heavy (non-hydrogen) atoms. The van der Waals surface area contributed by atoms with Crippen molar-refractivity contribution in [2.75, 3.05) is 19.8 Å². The minimum absolute atomic E-state index is 0.114. The van der Waals surface area contributed by atoms with E-state index in [0.29, 0.717) is 30.1 Å². The molecule has 6 nitrogen and oxygen atoms in total. The molecular weight excluding hydrogens is 337 g/mol. The van der Waals surface area contributed by atoms with Crippen molar-refractivity contribution < 1.29 is 18.6 Å². The first kappa shape index (κ1) is 16.8. The van der Waals surface area contributed by atoms with E-state index >= 15 is 0 Å². The van der Waals surface area contributed by atoms with Gasteiger partial charge in [0.2, 0.25) is 5.95 Å². The van der Waals surface area contributed by atoms with Crippen LogP contribution in [0.5, 0.6) is 5.75 Å². The number of rotatable bonds is 1. The van der Waals surface area contributed by atoms with Gasteiger partial charge < -0.3 is 19.9 Å². The van der Waals surface area contributed by atoms with Gasteiger partial charge in [-0.1, -0.05) is 6.07 Å². The van der Waals surface area contributed by atoms with Gasteiger partial charge in [0.05, 0.1) is 19.3 Å². The number of fused-ring (bicyclic) bond motifs is 2. The first-order valence-corrected chi connectivity index (χ1v) is 8.58. The van der Waals surface area contributed by atoms with Crippen LogP contribution < -0.4 is 10.5 Å². The maximum absolute atomic E-state index is 14.2. The fourth-order valence-corrected chi connectivity index (χ4v) is 3.41. The molecule has 0 aliphatic carbocycles. The summed E-state index contributed by atoms with van der Waals surface area (Å²) in [5.41, 5.74) is 6.86. The summed E-state index contributed by atoms with van der Waals surface area (Å²) in [6.45, 7) is 3.26. The van der Waals surface area contributed by atoms with Crippen LogP contribution in [0.1, 0.15) is 18.9 Å². The van der Waals surface area contributed by atoms with Crippen molar-refractivity contribution in [3.05, 3.63) is 48.0 Å². The highest BCUT2D eigenvalue weighted by Gasteiger charge is 2.46. The molecule has 0 radical (unpaired) electrons. The van der Waals surface area contributed by atoms with Crippen LogP contribution in [0, 0.1) is 5.95 Å². The summed E-state index contributed by atoms with van der Waals surface area (Å²) in [7, 11) is 0. The van der Waals surface area contributed by atoms with Crippen molar-refractivity contribution in [2.24, 2.45) is 10.7 Å². The fourth-order valence-electron chi connectivity index (χ4n) is 3.41. The summed E-state index contributed by atoms with van der Waals surface area (Å²) >= 11 is 0. The number of hydrogen-bond acceptors (Lipinski definition) is 6. The van der Waals surface area contributed by atoms with E-state index in [-0.39, 0.29) is 18.7 Å². The largest absolute Gasteiger partial charge is 0.493 e. The predicted molar refractivity (Wildman–Crippen MR) is 94.4 cm³/mol. The Morgan fingerprint density at radius 1 is 1.23 bits per heavy atom. The molecule has 136 valence electrons. The highest BCUT2D eigenvalue weighted by atomic mass is 19.1. The Kier molecular flexibility index (Phi) is 4.24. The van der Waals surface area contributed by atoms with E-state index in [1.165, 1.54) is 6.20 Å². The van der Waals surface area contributed by atoms with E-state index in [1.807, 2.05) is 25.1 Å². The van der Waals surface area contributed by atoms with Crippen LogP contribution in [0.25, 0.3) is 11.1 Å². The van der Waals surface area contributed by atoms with Gasteiger partial charge in [-0.05, 0) is 36.8 Å². The van der Waals surface area contributed by atoms with E-state index in [0.717, 1.165) is 12.0 Å². The number of halogens is 1. The SMILES string of the molecule is C[C@@H]1OCCCOc2ccc(-c3cccnc3F)cc2[C@]12COC(N)=N2. The van der Waals surface area contributed by atoms with Gasteiger partial charge in [-0.15, -0.1) is 0 Å². The summed E-state index contributed by atoms with van der Waals surface area (Å²) in [6, 6.07) is 9.03. The maximum atomic E-state index is 14.2. The molecule has 2 aliphatic rings. The molecule has 0 bridgehead atoms. The molecule has 0 saturated carbocycles. The van der Waals surface area contributed by atoms with Crippen LogP contribution in [0.3, 0.4) is 0 Å². The zero-order valence-electron chi connectivity index (χ0n) is 14.4. The van der Waals surface area contributed by atoms with Crippen LogP contribution in [0.2, 0.25) is 0 Å². The summed E-state index contributed by atoms with van der Waals surface area (Å²) in [5.74, 6) is 0.151. The maximum Gasteiger partial charge on any atom is 0.283 e. The smallest absolute Gasteiger partial charge is 0.283 e. The second kappa shape index (κ2) is 6.57. The summed E-state index contributed by atoms with van der Waals surface area (Å²) in [4.78, 5) is 8.30. The molecule has 1 spiro atoms. The minimum atomic E-state index is -0.835. The number of pyridine rings is 1. The third kappa shape index (κ3) is 2.78. The van der Waals surface area contributed by atoms with Gasteiger partial charge in [0.15, 0.2) is 5.54 Å². The van der Waals surface area contributed by atoms with Crippen molar-refractivity contribution in [3.63, 3.8) is 0 Å². The standard InChI is InChI=1S/C19H20FN3O3/c1-12-19(11-26-18(21)23-19)15-10-13(14-4-2-7-22-17(14)20)5-6-16(15)25-9-3-8-24-12/h2,4-7,10,12H,3,8-9,11H2,1H3,(H2,21,23)/t12-,19-/m0/s1. The molecule has 1 aromatic carbocycles. The molecule has 3 heterocycles. The Balaban J connectivity index is 1.90. The summed E-state index contributed by atoms with van der Waals surface area (Å²) in [6.07, 6.45) is 1.91. The molecule has 4 rings (SSSR count). The Hall–Kier alpha value is -2.67. The van der Waals surface area contributed by atoms with E-state index in [9.17, 15) is 4.39 Å². The third-order valence-corrected chi connectivity index (χ3v) is 4.85. The van der Waals surface area contributed by atoms with E-state index in [1.54, 1.807) is 12.1 Å². The topological polar surface area (TPSA) is 79.0 Å².